The molecule has 0 spiro atoms. The second-order valence-electron chi connectivity index (χ2n) is 5.92. The lowest BCUT2D eigenvalue weighted by Gasteiger charge is -2.29. The van der Waals surface area contributed by atoms with Crippen LogP contribution in [0.3, 0.4) is 0 Å². The maximum absolute atomic E-state index is 12.1. The smallest absolute Gasteiger partial charge is 0.320 e. The van der Waals surface area contributed by atoms with Crippen molar-refractivity contribution in [1.82, 2.24) is 10.3 Å². The van der Waals surface area contributed by atoms with E-state index < -0.39 is 10.8 Å². The zero-order valence-electron chi connectivity index (χ0n) is 13.5. The fraction of sp³-hybridized carbons (Fsp3) is 0.625. The van der Waals surface area contributed by atoms with Gasteiger partial charge in [0.05, 0.1) is 0 Å². The molecule has 5 nitrogen and oxygen atoms in total. The molecule has 1 aromatic heterocycles. The fourth-order valence-electron chi connectivity index (χ4n) is 2.99. The van der Waals surface area contributed by atoms with Crippen molar-refractivity contribution >= 4 is 22.6 Å². The third kappa shape index (κ3) is 4.80. The van der Waals surface area contributed by atoms with Crippen LogP contribution in [0.4, 0.5) is 10.6 Å². The van der Waals surface area contributed by atoms with E-state index in [0.717, 1.165) is 36.9 Å². The molecule has 0 bridgehead atoms. The second kappa shape index (κ2) is 7.72. The van der Waals surface area contributed by atoms with Crippen LogP contribution in [-0.2, 0) is 10.8 Å². The number of rotatable bonds is 4. The summed E-state index contributed by atoms with van der Waals surface area (Å²) in [6.07, 6.45) is 3.77. The molecule has 0 unspecified atom stereocenters. The van der Waals surface area contributed by atoms with Crippen LogP contribution in [0.1, 0.15) is 43.9 Å². The molecule has 2 N–H and O–H groups in total. The predicted molar refractivity (Wildman–Crippen MR) is 90.6 cm³/mol. The Kier molecular flexibility index (Phi) is 5.94. The van der Waals surface area contributed by atoms with Gasteiger partial charge < -0.3 is 5.32 Å². The summed E-state index contributed by atoms with van der Waals surface area (Å²) in [7, 11) is -0.777. The lowest BCUT2D eigenvalue weighted by molar-refractivity contribution is 0.244. The molecule has 2 amide bonds. The minimum Gasteiger partial charge on any atom is -0.335 e. The Labute approximate surface area is 134 Å². The highest BCUT2D eigenvalue weighted by molar-refractivity contribution is 7.85. The highest BCUT2D eigenvalue weighted by Crippen LogP contribution is 2.23. The third-order valence-corrected chi connectivity index (χ3v) is 5.70. The first-order valence-electron chi connectivity index (χ1n) is 7.88. The number of aryl methyl sites for hydroxylation is 2. The van der Waals surface area contributed by atoms with Gasteiger partial charge in [0.25, 0.3) is 0 Å². The van der Waals surface area contributed by atoms with E-state index >= 15 is 0 Å². The van der Waals surface area contributed by atoms with Crippen molar-refractivity contribution in [2.75, 3.05) is 11.1 Å². The van der Waals surface area contributed by atoms with E-state index in [9.17, 15) is 9.00 Å². The van der Waals surface area contributed by atoms with Gasteiger partial charge in [0.2, 0.25) is 0 Å². The summed E-state index contributed by atoms with van der Waals surface area (Å²) in [6.45, 7) is 5.83. The van der Waals surface area contributed by atoms with Crippen molar-refractivity contribution in [1.29, 1.82) is 0 Å². The van der Waals surface area contributed by atoms with Crippen molar-refractivity contribution in [3.05, 3.63) is 23.4 Å². The molecule has 1 heterocycles. The van der Waals surface area contributed by atoms with Gasteiger partial charge in [0.15, 0.2) is 0 Å². The number of nitrogens with one attached hydrogen (secondary N) is 2. The van der Waals surface area contributed by atoms with Crippen molar-refractivity contribution in [3.8, 4) is 0 Å². The molecule has 0 saturated heterocycles. The maximum Gasteiger partial charge on any atom is 0.320 e. The molecule has 1 fully saturated rings. The SMILES string of the molecule is CC[S@](=O)[C@@H]1CCC[C@@H](NC(=O)Nc2cc(C)cc(C)n2)C1. The number of pyridine rings is 1. The summed E-state index contributed by atoms with van der Waals surface area (Å²) in [5, 5.41) is 5.99. The summed E-state index contributed by atoms with van der Waals surface area (Å²) >= 11 is 0. The fourth-order valence-corrected chi connectivity index (χ4v) is 4.34. The van der Waals surface area contributed by atoms with Gasteiger partial charge in [-0.1, -0.05) is 13.3 Å². The molecule has 6 heteroatoms. The van der Waals surface area contributed by atoms with Crippen molar-refractivity contribution in [2.24, 2.45) is 0 Å². The molecule has 1 aliphatic rings. The molecule has 1 saturated carbocycles. The number of aromatic nitrogens is 1. The van der Waals surface area contributed by atoms with Crippen LogP contribution < -0.4 is 10.6 Å². The van der Waals surface area contributed by atoms with Gasteiger partial charge in [-0.25, -0.2) is 9.78 Å². The largest absolute Gasteiger partial charge is 0.335 e. The number of carbonyl (C=O) groups excluding carboxylic acids is 1. The lowest BCUT2D eigenvalue weighted by Crippen LogP contribution is -2.43. The summed E-state index contributed by atoms with van der Waals surface area (Å²) in [5.74, 6) is 1.26. The normalized spacial score (nSPS) is 22.9. The molecule has 0 aliphatic heterocycles. The molecule has 122 valence electrons. The highest BCUT2D eigenvalue weighted by atomic mass is 32.2. The summed E-state index contributed by atoms with van der Waals surface area (Å²) in [6, 6.07) is 3.68. The molecule has 0 radical (unpaired) electrons. The first-order chi connectivity index (χ1) is 10.5. The van der Waals surface area contributed by atoms with Crippen LogP contribution in [-0.4, -0.2) is 32.3 Å². The van der Waals surface area contributed by atoms with Gasteiger partial charge in [-0.2, -0.15) is 0 Å². The van der Waals surface area contributed by atoms with Crippen molar-refractivity contribution in [2.45, 2.75) is 57.7 Å². The number of carbonyl (C=O) groups is 1. The Hall–Kier alpha value is -1.43. The molecular weight excluding hydrogens is 298 g/mol. The van der Waals surface area contributed by atoms with Crippen LogP contribution in [0.25, 0.3) is 0 Å². The minimum absolute atomic E-state index is 0.0974. The van der Waals surface area contributed by atoms with Crippen molar-refractivity contribution in [3.63, 3.8) is 0 Å². The maximum atomic E-state index is 12.1. The zero-order valence-corrected chi connectivity index (χ0v) is 14.3. The topological polar surface area (TPSA) is 71.1 Å². The number of hydrogen-bond donors (Lipinski definition) is 2. The first kappa shape index (κ1) is 16.9. The highest BCUT2D eigenvalue weighted by Gasteiger charge is 2.26. The quantitative estimate of drug-likeness (QED) is 0.895. The van der Waals surface area contributed by atoms with Crippen LogP contribution >= 0.6 is 0 Å². The van der Waals surface area contributed by atoms with Crippen LogP contribution in [0.2, 0.25) is 0 Å². The standard InChI is InChI=1S/C16H25N3O2S/c1-4-22(21)14-7-5-6-13(10-14)18-16(20)19-15-9-11(2)8-12(3)17-15/h8-9,13-14H,4-7,10H2,1-3H3,(H2,17,18,19,20)/t13-,14-,22+/m1/s1. The molecule has 3 atom stereocenters. The van der Waals surface area contributed by atoms with E-state index in [1.807, 2.05) is 32.9 Å². The van der Waals surface area contributed by atoms with Gasteiger partial charge in [-0.3, -0.25) is 9.53 Å². The van der Waals surface area contributed by atoms with Crippen LogP contribution in [0.5, 0.6) is 0 Å². The Bertz CT molecular complexity index is 542. The van der Waals surface area contributed by atoms with E-state index in [0.29, 0.717) is 11.6 Å². The Morgan fingerprint density at radius 3 is 2.82 bits per heavy atom. The number of hydrogen-bond acceptors (Lipinski definition) is 3. The number of urea groups is 1. The molecular formula is C16H25N3O2S. The van der Waals surface area contributed by atoms with Gasteiger partial charge in [-0.15, -0.1) is 0 Å². The van der Waals surface area contributed by atoms with Crippen LogP contribution in [0.15, 0.2) is 12.1 Å². The molecule has 0 aromatic carbocycles. The summed E-state index contributed by atoms with van der Waals surface area (Å²) < 4.78 is 11.9. The monoisotopic (exact) mass is 323 g/mol. The molecule has 1 aromatic rings. The first-order valence-corrected chi connectivity index (χ1v) is 9.26. The zero-order chi connectivity index (χ0) is 16.1. The predicted octanol–water partition coefficient (Wildman–Crippen LogP) is 2.90. The summed E-state index contributed by atoms with van der Waals surface area (Å²) in [5.41, 5.74) is 1.95. The second-order valence-corrected chi connectivity index (χ2v) is 7.93. The van der Waals surface area contributed by atoms with Crippen molar-refractivity contribution < 1.29 is 9.00 Å². The van der Waals surface area contributed by atoms with E-state index in [-0.39, 0.29) is 17.3 Å². The van der Waals surface area contributed by atoms with E-state index in [2.05, 4.69) is 15.6 Å². The van der Waals surface area contributed by atoms with E-state index in [1.54, 1.807) is 0 Å². The van der Waals surface area contributed by atoms with Gasteiger partial charge in [0.1, 0.15) is 5.82 Å². The average molecular weight is 323 g/mol. The minimum atomic E-state index is -0.777. The Morgan fingerprint density at radius 1 is 1.36 bits per heavy atom. The number of anilines is 1. The molecule has 22 heavy (non-hydrogen) atoms. The average Bonchev–Trinajstić information content (AvgIpc) is 2.45. The van der Waals surface area contributed by atoms with E-state index in [4.69, 9.17) is 0 Å². The Balaban J connectivity index is 1.90. The number of amides is 2. The van der Waals surface area contributed by atoms with E-state index in [1.165, 1.54) is 0 Å². The summed E-state index contributed by atoms with van der Waals surface area (Å²) in [4.78, 5) is 16.4. The van der Waals surface area contributed by atoms with Gasteiger partial charge in [0, 0.05) is 33.5 Å². The molecule has 1 aliphatic carbocycles. The molecule has 2 rings (SSSR count). The Morgan fingerprint density at radius 2 is 2.14 bits per heavy atom. The van der Waals surface area contributed by atoms with Crippen LogP contribution in [0, 0.1) is 13.8 Å². The van der Waals surface area contributed by atoms with Gasteiger partial charge in [-0.05, 0) is 50.8 Å². The lowest BCUT2D eigenvalue weighted by atomic mass is 9.95. The third-order valence-electron chi connectivity index (χ3n) is 3.96. The van der Waals surface area contributed by atoms with Gasteiger partial charge >= 0.3 is 6.03 Å². The number of nitrogens with zero attached hydrogens (tertiary/aromatic N) is 1.